The number of carbonyl (C=O) groups excluding carboxylic acids is 2. The summed E-state index contributed by atoms with van der Waals surface area (Å²) in [6.07, 6.45) is 1.70. The highest BCUT2D eigenvalue weighted by Crippen LogP contribution is 2.33. The van der Waals surface area contributed by atoms with Gasteiger partial charge in [-0.25, -0.2) is 0 Å². The van der Waals surface area contributed by atoms with Gasteiger partial charge >= 0.3 is 0 Å². The van der Waals surface area contributed by atoms with Crippen molar-refractivity contribution in [2.75, 3.05) is 5.73 Å². The van der Waals surface area contributed by atoms with Crippen molar-refractivity contribution in [3.05, 3.63) is 70.6 Å². The zero-order chi connectivity index (χ0) is 15.5. The van der Waals surface area contributed by atoms with Crippen molar-refractivity contribution in [2.45, 2.75) is 6.54 Å². The predicted molar refractivity (Wildman–Crippen MR) is 88.8 cm³/mol. The summed E-state index contributed by atoms with van der Waals surface area (Å²) in [5.74, 6) is -0.263. The van der Waals surface area contributed by atoms with Gasteiger partial charge in [0.05, 0.1) is 11.4 Å². The van der Waals surface area contributed by atoms with E-state index in [-0.39, 0.29) is 11.1 Å². The van der Waals surface area contributed by atoms with E-state index in [1.807, 2.05) is 42.5 Å². The molecular formula is C17H14N2O2S. The summed E-state index contributed by atoms with van der Waals surface area (Å²) >= 11 is 0.959. The summed E-state index contributed by atoms with van der Waals surface area (Å²) in [5.41, 5.74) is 8.08. The summed E-state index contributed by atoms with van der Waals surface area (Å²) in [4.78, 5) is 26.1. The van der Waals surface area contributed by atoms with Crippen LogP contribution in [0.15, 0.2) is 59.5 Å². The van der Waals surface area contributed by atoms with Crippen LogP contribution in [0.3, 0.4) is 0 Å². The molecule has 2 aromatic carbocycles. The van der Waals surface area contributed by atoms with E-state index in [1.54, 1.807) is 18.2 Å². The van der Waals surface area contributed by atoms with Gasteiger partial charge in [0.2, 0.25) is 0 Å². The monoisotopic (exact) mass is 310 g/mol. The average molecular weight is 310 g/mol. The maximum absolute atomic E-state index is 12.4. The molecule has 2 amide bonds. The van der Waals surface area contributed by atoms with Gasteiger partial charge in [0.15, 0.2) is 0 Å². The Kier molecular flexibility index (Phi) is 3.98. The number of hydrogen-bond donors (Lipinski definition) is 1. The van der Waals surface area contributed by atoms with Gasteiger partial charge in [-0.2, -0.15) is 0 Å². The Bertz CT molecular complexity index is 756. The highest BCUT2D eigenvalue weighted by atomic mass is 32.2. The summed E-state index contributed by atoms with van der Waals surface area (Å²) in [7, 11) is 0. The Balaban J connectivity index is 1.82. The van der Waals surface area contributed by atoms with Gasteiger partial charge in [0.1, 0.15) is 0 Å². The Morgan fingerprint density at radius 1 is 1.05 bits per heavy atom. The molecule has 4 nitrogen and oxygen atoms in total. The molecule has 3 rings (SSSR count). The lowest BCUT2D eigenvalue weighted by Gasteiger charge is -2.12. The van der Waals surface area contributed by atoms with Crippen LogP contribution in [-0.4, -0.2) is 16.0 Å². The van der Waals surface area contributed by atoms with Crippen molar-refractivity contribution in [3.63, 3.8) is 0 Å². The largest absolute Gasteiger partial charge is 0.399 e. The molecule has 110 valence electrons. The normalized spacial score (nSPS) is 16.5. The third kappa shape index (κ3) is 3.04. The first kappa shape index (κ1) is 14.4. The zero-order valence-corrected chi connectivity index (χ0v) is 12.5. The van der Waals surface area contributed by atoms with Crippen LogP contribution in [0.5, 0.6) is 0 Å². The highest BCUT2D eigenvalue weighted by Gasteiger charge is 2.34. The molecular weight excluding hydrogens is 296 g/mol. The van der Waals surface area contributed by atoms with Crippen LogP contribution in [0.1, 0.15) is 11.1 Å². The molecule has 2 aromatic rings. The molecule has 1 fully saturated rings. The van der Waals surface area contributed by atoms with Crippen LogP contribution in [0.2, 0.25) is 0 Å². The van der Waals surface area contributed by atoms with Gasteiger partial charge < -0.3 is 5.73 Å². The highest BCUT2D eigenvalue weighted by molar-refractivity contribution is 8.18. The zero-order valence-electron chi connectivity index (χ0n) is 11.7. The standard InChI is InChI=1S/C17H14N2O2S/c18-14-8-4-7-13(9-14)10-15-16(20)19(17(21)22-15)11-12-5-2-1-3-6-12/h1-10H,11,18H2/b15-10-. The Morgan fingerprint density at radius 3 is 2.55 bits per heavy atom. The summed E-state index contributed by atoms with van der Waals surface area (Å²) in [5, 5.41) is -0.246. The lowest BCUT2D eigenvalue weighted by molar-refractivity contribution is -0.123. The average Bonchev–Trinajstić information content (AvgIpc) is 2.76. The molecule has 0 spiro atoms. The molecule has 0 saturated carbocycles. The maximum Gasteiger partial charge on any atom is 0.293 e. The number of hydrogen-bond acceptors (Lipinski definition) is 4. The lowest BCUT2D eigenvalue weighted by atomic mass is 10.2. The number of thioether (sulfide) groups is 1. The minimum Gasteiger partial charge on any atom is -0.399 e. The Labute approximate surface area is 132 Å². The summed E-state index contributed by atoms with van der Waals surface area (Å²) < 4.78 is 0. The minimum atomic E-state index is -0.263. The van der Waals surface area contributed by atoms with E-state index in [0.717, 1.165) is 22.9 Å². The number of imide groups is 1. The minimum absolute atomic E-state index is 0.246. The van der Waals surface area contributed by atoms with Crippen LogP contribution < -0.4 is 5.73 Å². The Morgan fingerprint density at radius 2 is 1.82 bits per heavy atom. The van der Waals surface area contributed by atoms with E-state index < -0.39 is 0 Å². The van der Waals surface area contributed by atoms with Crippen LogP contribution in [-0.2, 0) is 11.3 Å². The third-order valence-corrected chi connectivity index (χ3v) is 4.17. The second-order valence-corrected chi connectivity index (χ2v) is 5.92. The fourth-order valence-corrected chi connectivity index (χ4v) is 3.04. The SMILES string of the molecule is Nc1cccc(/C=C2\SC(=O)N(Cc3ccccc3)C2=O)c1. The van der Waals surface area contributed by atoms with Crippen molar-refractivity contribution < 1.29 is 9.59 Å². The number of amides is 2. The quantitative estimate of drug-likeness (QED) is 0.696. The molecule has 1 aliphatic rings. The van der Waals surface area contributed by atoms with E-state index >= 15 is 0 Å². The van der Waals surface area contributed by atoms with Crippen LogP contribution >= 0.6 is 11.8 Å². The van der Waals surface area contributed by atoms with E-state index in [4.69, 9.17) is 5.73 Å². The third-order valence-electron chi connectivity index (χ3n) is 3.27. The fourth-order valence-electron chi connectivity index (χ4n) is 2.20. The number of nitrogens with two attached hydrogens (primary N) is 1. The van der Waals surface area contributed by atoms with Crippen molar-refractivity contribution in [3.8, 4) is 0 Å². The molecule has 0 unspecified atom stereocenters. The number of nitrogen functional groups attached to an aromatic ring is 1. The van der Waals surface area contributed by atoms with E-state index in [1.165, 1.54) is 4.90 Å². The van der Waals surface area contributed by atoms with Crippen LogP contribution in [0, 0.1) is 0 Å². The number of rotatable bonds is 3. The van der Waals surface area contributed by atoms with E-state index in [2.05, 4.69) is 0 Å². The molecule has 0 aromatic heterocycles. The van der Waals surface area contributed by atoms with Crippen LogP contribution in [0.25, 0.3) is 6.08 Å². The van der Waals surface area contributed by atoms with Crippen molar-refractivity contribution in [2.24, 2.45) is 0 Å². The number of nitrogens with zero attached hydrogens (tertiary/aromatic N) is 1. The van der Waals surface area contributed by atoms with E-state index in [9.17, 15) is 9.59 Å². The molecule has 1 heterocycles. The molecule has 0 aliphatic carbocycles. The van der Waals surface area contributed by atoms with Gasteiger partial charge in [-0.15, -0.1) is 0 Å². The van der Waals surface area contributed by atoms with Crippen molar-refractivity contribution in [1.82, 2.24) is 4.90 Å². The summed E-state index contributed by atoms with van der Waals surface area (Å²) in [6.45, 7) is 0.291. The van der Waals surface area contributed by atoms with Gasteiger partial charge in [0.25, 0.3) is 11.1 Å². The lowest BCUT2D eigenvalue weighted by Crippen LogP contribution is -2.27. The van der Waals surface area contributed by atoms with Gasteiger partial charge in [-0.05, 0) is 41.1 Å². The first-order valence-electron chi connectivity index (χ1n) is 6.78. The molecule has 0 radical (unpaired) electrons. The first-order chi connectivity index (χ1) is 10.6. The summed E-state index contributed by atoms with van der Waals surface area (Å²) in [6, 6.07) is 16.7. The molecule has 2 N–H and O–H groups in total. The molecule has 1 aliphatic heterocycles. The first-order valence-corrected chi connectivity index (χ1v) is 7.60. The number of anilines is 1. The maximum atomic E-state index is 12.4. The second-order valence-electron chi connectivity index (χ2n) is 4.92. The molecule has 0 atom stereocenters. The smallest absolute Gasteiger partial charge is 0.293 e. The predicted octanol–water partition coefficient (Wildman–Crippen LogP) is 3.51. The Hall–Kier alpha value is -2.53. The number of benzene rings is 2. The van der Waals surface area contributed by atoms with Gasteiger partial charge in [-0.1, -0.05) is 42.5 Å². The number of carbonyl (C=O) groups is 2. The van der Waals surface area contributed by atoms with Gasteiger partial charge in [0, 0.05) is 5.69 Å². The topological polar surface area (TPSA) is 63.4 Å². The van der Waals surface area contributed by atoms with Crippen molar-refractivity contribution >= 4 is 34.7 Å². The molecule has 0 bridgehead atoms. The molecule has 22 heavy (non-hydrogen) atoms. The molecule has 5 heteroatoms. The van der Waals surface area contributed by atoms with Crippen LogP contribution in [0.4, 0.5) is 10.5 Å². The van der Waals surface area contributed by atoms with Gasteiger partial charge in [-0.3, -0.25) is 14.5 Å². The van der Waals surface area contributed by atoms with E-state index in [0.29, 0.717) is 17.1 Å². The molecule has 1 saturated heterocycles. The second kappa shape index (κ2) is 6.07. The fraction of sp³-hybridized carbons (Fsp3) is 0.0588. The van der Waals surface area contributed by atoms with Crippen molar-refractivity contribution in [1.29, 1.82) is 0 Å².